The molecule has 2 heteroatoms. The Balaban J connectivity index is 1.07. The molecule has 0 amide bonds. The molecule has 0 N–H and O–H groups in total. The largest absolute Gasteiger partial charge is 0.309 e. The van der Waals surface area contributed by atoms with E-state index in [-0.39, 0.29) is 0 Å². The zero-order valence-electron chi connectivity index (χ0n) is 26.2. The van der Waals surface area contributed by atoms with Gasteiger partial charge in [0.2, 0.25) is 0 Å². The van der Waals surface area contributed by atoms with Crippen molar-refractivity contribution in [1.29, 1.82) is 0 Å². The van der Waals surface area contributed by atoms with Gasteiger partial charge < -0.3 is 9.13 Å². The number of rotatable bonds is 4. The fourth-order valence-electron chi connectivity index (χ4n) is 7.61. The molecule has 224 valence electrons. The molecular weight excluding hydrogens is 581 g/mol. The highest BCUT2D eigenvalue weighted by molar-refractivity contribution is 6.11. The monoisotopic (exact) mass is 610 g/mol. The molecule has 2 aromatic heterocycles. The van der Waals surface area contributed by atoms with Crippen LogP contribution in [-0.2, 0) is 0 Å². The van der Waals surface area contributed by atoms with Crippen LogP contribution in [0.5, 0.6) is 0 Å². The predicted molar refractivity (Wildman–Crippen MR) is 203 cm³/mol. The summed E-state index contributed by atoms with van der Waals surface area (Å²) in [4.78, 5) is 0. The van der Waals surface area contributed by atoms with Crippen molar-refractivity contribution in [2.24, 2.45) is 0 Å². The topological polar surface area (TPSA) is 9.86 Å². The smallest absolute Gasteiger partial charge is 0.0547 e. The third-order valence-corrected chi connectivity index (χ3v) is 9.90. The van der Waals surface area contributed by atoms with Crippen LogP contribution >= 0.6 is 0 Å². The number of nitrogens with zero attached hydrogens (tertiary/aromatic N) is 2. The Morgan fingerprint density at radius 3 is 1.52 bits per heavy atom. The summed E-state index contributed by atoms with van der Waals surface area (Å²) < 4.78 is 4.78. The normalized spacial score (nSPS) is 11.8. The Morgan fingerprint density at radius 2 is 0.771 bits per heavy atom. The van der Waals surface area contributed by atoms with Gasteiger partial charge in [0.15, 0.2) is 0 Å². The number of fused-ring (bicyclic) bond motifs is 7. The summed E-state index contributed by atoms with van der Waals surface area (Å²) in [5.41, 5.74) is 12.1. The Bertz CT molecular complexity index is 2820. The first kappa shape index (κ1) is 26.8. The van der Waals surface area contributed by atoms with Crippen LogP contribution in [-0.4, -0.2) is 9.13 Å². The second-order valence-electron chi connectivity index (χ2n) is 12.6. The van der Waals surface area contributed by atoms with Gasteiger partial charge >= 0.3 is 0 Å². The van der Waals surface area contributed by atoms with E-state index in [2.05, 4.69) is 191 Å². The van der Waals surface area contributed by atoms with Crippen LogP contribution < -0.4 is 0 Å². The molecule has 0 spiro atoms. The van der Waals surface area contributed by atoms with E-state index in [1.165, 1.54) is 88.0 Å². The predicted octanol–water partition coefficient (Wildman–Crippen LogP) is 12.4. The van der Waals surface area contributed by atoms with Crippen molar-refractivity contribution in [1.82, 2.24) is 9.13 Å². The lowest BCUT2D eigenvalue weighted by Gasteiger charge is -2.11. The highest BCUT2D eigenvalue weighted by Crippen LogP contribution is 2.38. The zero-order chi connectivity index (χ0) is 31.6. The molecule has 0 aliphatic heterocycles. The van der Waals surface area contributed by atoms with E-state index < -0.39 is 0 Å². The maximum Gasteiger partial charge on any atom is 0.0547 e. The molecule has 0 aliphatic rings. The summed E-state index contributed by atoms with van der Waals surface area (Å²) in [6, 6.07) is 66.2. The maximum absolute atomic E-state index is 2.41. The van der Waals surface area contributed by atoms with E-state index in [9.17, 15) is 0 Å². The van der Waals surface area contributed by atoms with E-state index >= 15 is 0 Å². The minimum atomic E-state index is 1.18. The third kappa shape index (κ3) is 4.13. The van der Waals surface area contributed by atoms with Gasteiger partial charge in [-0.05, 0) is 87.6 Å². The molecule has 48 heavy (non-hydrogen) atoms. The van der Waals surface area contributed by atoms with E-state index in [1.807, 2.05) is 0 Å². The van der Waals surface area contributed by atoms with Crippen LogP contribution in [0.2, 0.25) is 0 Å². The maximum atomic E-state index is 2.41. The number of para-hydroxylation sites is 3. The van der Waals surface area contributed by atoms with Crippen LogP contribution in [0.4, 0.5) is 0 Å². The summed E-state index contributed by atoms with van der Waals surface area (Å²) in [6.45, 7) is 0. The molecular formula is C46H30N2. The second kappa shape index (κ2) is 10.6. The third-order valence-electron chi connectivity index (χ3n) is 9.90. The van der Waals surface area contributed by atoms with Gasteiger partial charge in [-0.25, -0.2) is 0 Å². The molecule has 0 radical (unpaired) electrons. The average Bonchev–Trinajstić information content (AvgIpc) is 3.67. The van der Waals surface area contributed by atoms with E-state index in [4.69, 9.17) is 0 Å². The molecule has 0 fully saturated rings. The molecule has 0 unspecified atom stereocenters. The minimum absolute atomic E-state index is 1.18. The van der Waals surface area contributed by atoms with Crippen molar-refractivity contribution in [3.63, 3.8) is 0 Å². The first-order valence-corrected chi connectivity index (χ1v) is 16.5. The van der Waals surface area contributed by atoms with Crippen LogP contribution in [0.1, 0.15) is 0 Å². The molecule has 0 saturated carbocycles. The van der Waals surface area contributed by atoms with E-state index in [0.717, 1.165) is 0 Å². The van der Waals surface area contributed by atoms with Crippen LogP contribution in [0, 0.1) is 0 Å². The summed E-state index contributed by atoms with van der Waals surface area (Å²) in [6.07, 6.45) is 0. The van der Waals surface area contributed by atoms with Gasteiger partial charge in [0.05, 0.1) is 22.1 Å². The second-order valence-corrected chi connectivity index (χ2v) is 12.6. The van der Waals surface area contributed by atoms with Crippen molar-refractivity contribution < 1.29 is 0 Å². The Hall–Kier alpha value is -6.38. The van der Waals surface area contributed by atoms with Gasteiger partial charge in [-0.15, -0.1) is 0 Å². The van der Waals surface area contributed by atoms with Crippen molar-refractivity contribution in [3.05, 3.63) is 182 Å². The Kier molecular flexibility index (Phi) is 5.91. The zero-order valence-corrected chi connectivity index (χ0v) is 26.2. The lowest BCUT2D eigenvalue weighted by Crippen LogP contribution is -1.94. The van der Waals surface area contributed by atoms with E-state index in [1.54, 1.807) is 0 Å². The number of hydrogen-bond donors (Lipinski definition) is 0. The standard InChI is InChI=1S/C46H30N2/c1-2-12-37(13-3-1)47-44-17-9-7-15-40(44)42-29-35(24-27-45(42)47)32-18-20-33(21-19-32)36-23-26-41-39-14-6-8-16-43(39)48(46(41)30-36)38-25-22-31-10-4-5-11-34(31)28-38/h1-30H. The highest BCUT2D eigenvalue weighted by atomic mass is 15.0. The van der Waals surface area contributed by atoms with Gasteiger partial charge in [0.25, 0.3) is 0 Å². The molecule has 0 bridgehead atoms. The van der Waals surface area contributed by atoms with Crippen LogP contribution in [0.25, 0.3) is 88.0 Å². The van der Waals surface area contributed by atoms with Crippen molar-refractivity contribution in [3.8, 4) is 33.6 Å². The van der Waals surface area contributed by atoms with Gasteiger partial charge in [0, 0.05) is 32.9 Å². The lowest BCUT2D eigenvalue weighted by atomic mass is 9.98. The van der Waals surface area contributed by atoms with Crippen LogP contribution in [0.3, 0.4) is 0 Å². The molecule has 2 nitrogen and oxygen atoms in total. The number of hydrogen-bond acceptors (Lipinski definition) is 0. The van der Waals surface area contributed by atoms with Crippen LogP contribution in [0.15, 0.2) is 182 Å². The van der Waals surface area contributed by atoms with E-state index in [0.29, 0.717) is 0 Å². The summed E-state index contributed by atoms with van der Waals surface area (Å²) in [7, 11) is 0. The highest BCUT2D eigenvalue weighted by Gasteiger charge is 2.15. The van der Waals surface area contributed by atoms with Gasteiger partial charge in [-0.1, -0.05) is 127 Å². The Morgan fingerprint density at radius 1 is 0.250 bits per heavy atom. The molecule has 0 aliphatic carbocycles. The minimum Gasteiger partial charge on any atom is -0.309 e. The number of aromatic nitrogens is 2. The van der Waals surface area contributed by atoms with Crippen molar-refractivity contribution >= 4 is 54.4 Å². The van der Waals surface area contributed by atoms with Crippen molar-refractivity contribution in [2.75, 3.05) is 0 Å². The summed E-state index contributed by atoms with van der Waals surface area (Å²) >= 11 is 0. The first-order valence-electron chi connectivity index (χ1n) is 16.5. The number of benzene rings is 8. The Labute approximate surface area is 278 Å². The SMILES string of the molecule is c1ccc(-n2c3ccccc3c3cc(-c4ccc(-c5ccc6c7ccccc7n(-c7ccc8ccccc8c7)c6c5)cc4)ccc32)cc1. The first-order chi connectivity index (χ1) is 23.8. The van der Waals surface area contributed by atoms with Gasteiger partial charge in [-0.3, -0.25) is 0 Å². The van der Waals surface area contributed by atoms with Gasteiger partial charge in [-0.2, -0.15) is 0 Å². The summed E-state index contributed by atoms with van der Waals surface area (Å²) in [5.74, 6) is 0. The quantitative estimate of drug-likeness (QED) is 0.188. The van der Waals surface area contributed by atoms with Gasteiger partial charge in [0.1, 0.15) is 0 Å². The molecule has 8 aromatic carbocycles. The average molecular weight is 611 g/mol. The fourth-order valence-corrected chi connectivity index (χ4v) is 7.61. The molecule has 0 saturated heterocycles. The summed E-state index contributed by atoms with van der Waals surface area (Å²) in [5, 5.41) is 7.57. The fraction of sp³-hybridized carbons (Fsp3) is 0. The lowest BCUT2D eigenvalue weighted by molar-refractivity contribution is 1.18. The molecule has 2 heterocycles. The van der Waals surface area contributed by atoms with Crippen molar-refractivity contribution in [2.45, 2.75) is 0 Å². The molecule has 0 atom stereocenters. The molecule has 10 aromatic rings. The molecule has 10 rings (SSSR count).